The minimum absolute atomic E-state index is 0.0996. The first-order valence-corrected chi connectivity index (χ1v) is 10.4. The van der Waals surface area contributed by atoms with E-state index in [0.29, 0.717) is 19.0 Å². The van der Waals surface area contributed by atoms with E-state index in [1.807, 2.05) is 43.1 Å². The Labute approximate surface area is 170 Å². The molecule has 0 spiro atoms. The van der Waals surface area contributed by atoms with Gasteiger partial charge in [0.1, 0.15) is 0 Å². The Morgan fingerprint density at radius 3 is 2.48 bits per heavy atom. The van der Waals surface area contributed by atoms with Crippen LogP contribution in [0, 0.1) is 17.0 Å². The highest BCUT2D eigenvalue weighted by molar-refractivity contribution is 7.89. The van der Waals surface area contributed by atoms with Crippen LogP contribution in [-0.4, -0.2) is 51.4 Å². The SMILES string of the molecule is CN=C(NCCNS(=O)(=O)c1cccc([N+](=O)[O-])c1)N(C)Cc1ccc(C)cc1. The molecule has 0 aliphatic heterocycles. The van der Waals surface area contributed by atoms with Crippen molar-refractivity contribution in [2.75, 3.05) is 27.2 Å². The van der Waals surface area contributed by atoms with Crippen LogP contribution in [0.25, 0.3) is 0 Å². The summed E-state index contributed by atoms with van der Waals surface area (Å²) in [6.45, 7) is 3.09. The summed E-state index contributed by atoms with van der Waals surface area (Å²) in [6, 6.07) is 13.1. The van der Waals surface area contributed by atoms with E-state index in [4.69, 9.17) is 0 Å². The standard InChI is InChI=1S/C19H25N5O4S/c1-15-7-9-16(10-8-15)14-23(3)19(20-2)21-11-12-22-29(27,28)18-6-4-5-17(13-18)24(25)26/h4-10,13,22H,11-12,14H2,1-3H3,(H,20,21). The number of non-ortho nitro benzene ring substituents is 1. The van der Waals surface area contributed by atoms with Gasteiger partial charge in [-0.15, -0.1) is 0 Å². The largest absolute Gasteiger partial charge is 0.355 e. The molecule has 2 aromatic rings. The van der Waals surface area contributed by atoms with Crippen LogP contribution in [-0.2, 0) is 16.6 Å². The molecule has 0 aliphatic rings. The van der Waals surface area contributed by atoms with Crippen LogP contribution in [0.1, 0.15) is 11.1 Å². The first-order chi connectivity index (χ1) is 13.7. The van der Waals surface area contributed by atoms with Crippen molar-refractivity contribution >= 4 is 21.7 Å². The number of aryl methyl sites for hydroxylation is 1. The summed E-state index contributed by atoms with van der Waals surface area (Å²) in [6.07, 6.45) is 0. The lowest BCUT2D eigenvalue weighted by atomic mass is 10.1. The molecule has 9 nitrogen and oxygen atoms in total. The molecule has 0 saturated carbocycles. The number of rotatable bonds is 8. The second-order valence-corrected chi connectivity index (χ2v) is 8.23. The molecular formula is C19H25N5O4S. The zero-order valence-electron chi connectivity index (χ0n) is 16.6. The maximum atomic E-state index is 12.3. The number of guanidine groups is 1. The predicted octanol–water partition coefficient (Wildman–Crippen LogP) is 1.89. The van der Waals surface area contributed by atoms with Gasteiger partial charge in [0, 0.05) is 45.9 Å². The first kappa shape index (κ1) is 22.3. The second-order valence-electron chi connectivity index (χ2n) is 6.47. The Morgan fingerprint density at radius 2 is 1.86 bits per heavy atom. The quantitative estimate of drug-likeness (QED) is 0.222. The minimum atomic E-state index is -3.84. The number of hydrogen-bond acceptors (Lipinski definition) is 5. The van der Waals surface area contributed by atoms with Gasteiger partial charge in [-0.05, 0) is 18.6 Å². The highest BCUT2D eigenvalue weighted by Crippen LogP contribution is 2.16. The second kappa shape index (κ2) is 9.99. The van der Waals surface area contributed by atoms with Gasteiger partial charge in [0.15, 0.2) is 5.96 Å². The third kappa shape index (κ3) is 6.54. The van der Waals surface area contributed by atoms with Crippen molar-refractivity contribution in [3.63, 3.8) is 0 Å². The number of aliphatic imine (C=N–C) groups is 1. The van der Waals surface area contributed by atoms with E-state index in [1.54, 1.807) is 7.05 Å². The van der Waals surface area contributed by atoms with Crippen molar-refractivity contribution in [3.8, 4) is 0 Å². The molecule has 0 amide bonds. The summed E-state index contributed by atoms with van der Waals surface area (Å²) >= 11 is 0. The monoisotopic (exact) mass is 419 g/mol. The Morgan fingerprint density at radius 1 is 1.17 bits per heavy atom. The van der Waals surface area contributed by atoms with Gasteiger partial charge in [-0.2, -0.15) is 0 Å². The van der Waals surface area contributed by atoms with Gasteiger partial charge in [-0.3, -0.25) is 15.1 Å². The molecule has 0 unspecified atom stereocenters. The third-order valence-electron chi connectivity index (χ3n) is 4.15. The molecule has 0 heterocycles. The van der Waals surface area contributed by atoms with Gasteiger partial charge in [-0.1, -0.05) is 35.9 Å². The smallest absolute Gasteiger partial charge is 0.270 e. The number of nitrogens with zero attached hydrogens (tertiary/aromatic N) is 3. The number of nitrogens with one attached hydrogen (secondary N) is 2. The predicted molar refractivity (Wildman–Crippen MR) is 112 cm³/mol. The number of nitro groups is 1. The van der Waals surface area contributed by atoms with Gasteiger partial charge < -0.3 is 10.2 Å². The molecule has 0 aliphatic carbocycles. The molecule has 156 valence electrons. The molecule has 10 heteroatoms. The van der Waals surface area contributed by atoms with Gasteiger partial charge in [0.25, 0.3) is 5.69 Å². The van der Waals surface area contributed by atoms with E-state index in [2.05, 4.69) is 15.0 Å². The zero-order chi connectivity index (χ0) is 21.4. The van der Waals surface area contributed by atoms with Crippen molar-refractivity contribution in [3.05, 3.63) is 69.8 Å². The zero-order valence-corrected chi connectivity index (χ0v) is 17.4. The topological polar surface area (TPSA) is 117 Å². The van der Waals surface area contributed by atoms with Crippen molar-refractivity contribution in [1.82, 2.24) is 14.9 Å². The number of benzene rings is 2. The van der Waals surface area contributed by atoms with E-state index in [0.717, 1.165) is 11.6 Å². The fourth-order valence-electron chi connectivity index (χ4n) is 2.63. The summed E-state index contributed by atoms with van der Waals surface area (Å²) in [5.74, 6) is 0.625. The molecule has 0 atom stereocenters. The minimum Gasteiger partial charge on any atom is -0.355 e. The summed E-state index contributed by atoms with van der Waals surface area (Å²) in [4.78, 5) is 16.2. The van der Waals surface area contributed by atoms with E-state index in [9.17, 15) is 18.5 Å². The summed E-state index contributed by atoms with van der Waals surface area (Å²) < 4.78 is 27.1. The van der Waals surface area contributed by atoms with Crippen molar-refractivity contribution in [1.29, 1.82) is 0 Å². The van der Waals surface area contributed by atoms with Crippen LogP contribution < -0.4 is 10.0 Å². The molecule has 0 fully saturated rings. The highest BCUT2D eigenvalue weighted by Gasteiger charge is 2.17. The lowest BCUT2D eigenvalue weighted by Crippen LogP contribution is -2.42. The van der Waals surface area contributed by atoms with Gasteiger partial charge in [0.2, 0.25) is 10.0 Å². The molecule has 0 bridgehead atoms. The third-order valence-corrected chi connectivity index (χ3v) is 5.61. The highest BCUT2D eigenvalue weighted by atomic mass is 32.2. The fourth-order valence-corrected chi connectivity index (χ4v) is 3.71. The molecule has 0 saturated heterocycles. The van der Waals surface area contributed by atoms with Gasteiger partial charge in [-0.25, -0.2) is 13.1 Å². The maximum absolute atomic E-state index is 12.3. The van der Waals surface area contributed by atoms with Crippen LogP contribution in [0.5, 0.6) is 0 Å². The normalized spacial score (nSPS) is 11.9. The van der Waals surface area contributed by atoms with E-state index in [1.165, 1.54) is 23.8 Å². The molecule has 2 N–H and O–H groups in total. The molecular weight excluding hydrogens is 394 g/mol. The van der Waals surface area contributed by atoms with E-state index in [-0.39, 0.29) is 17.1 Å². The van der Waals surface area contributed by atoms with Crippen molar-refractivity contribution in [2.24, 2.45) is 4.99 Å². The fraction of sp³-hybridized carbons (Fsp3) is 0.316. The average molecular weight is 420 g/mol. The number of hydrogen-bond donors (Lipinski definition) is 2. The Bertz CT molecular complexity index is 974. The van der Waals surface area contributed by atoms with Gasteiger partial charge >= 0.3 is 0 Å². The molecule has 2 rings (SSSR count). The van der Waals surface area contributed by atoms with E-state index < -0.39 is 14.9 Å². The van der Waals surface area contributed by atoms with Gasteiger partial charge in [0.05, 0.1) is 9.82 Å². The van der Waals surface area contributed by atoms with Crippen molar-refractivity contribution in [2.45, 2.75) is 18.4 Å². The summed E-state index contributed by atoms with van der Waals surface area (Å²) in [7, 11) is -0.296. The van der Waals surface area contributed by atoms with Crippen LogP contribution >= 0.6 is 0 Å². The molecule has 0 radical (unpaired) electrons. The lowest BCUT2D eigenvalue weighted by molar-refractivity contribution is -0.385. The van der Waals surface area contributed by atoms with Crippen LogP contribution in [0.2, 0.25) is 0 Å². The summed E-state index contributed by atoms with van der Waals surface area (Å²) in [5.41, 5.74) is 2.05. The average Bonchev–Trinajstić information content (AvgIpc) is 2.69. The Balaban J connectivity index is 1.88. The van der Waals surface area contributed by atoms with Crippen LogP contribution in [0.3, 0.4) is 0 Å². The Kier molecular flexibility index (Phi) is 7.68. The maximum Gasteiger partial charge on any atom is 0.270 e. The Hall–Kier alpha value is -2.98. The van der Waals surface area contributed by atoms with Crippen LogP contribution in [0.15, 0.2) is 58.4 Å². The summed E-state index contributed by atoms with van der Waals surface area (Å²) in [5, 5.41) is 13.9. The molecule has 0 aromatic heterocycles. The lowest BCUT2D eigenvalue weighted by Gasteiger charge is -2.22. The molecule has 2 aromatic carbocycles. The first-order valence-electron chi connectivity index (χ1n) is 8.94. The van der Waals surface area contributed by atoms with E-state index >= 15 is 0 Å². The van der Waals surface area contributed by atoms with Crippen LogP contribution in [0.4, 0.5) is 5.69 Å². The number of sulfonamides is 1. The van der Waals surface area contributed by atoms with Crippen molar-refractivity contribution < 1.29 is 13.3 Å². The number of nitro benzene ring substituents is 1. The molecule has 29 heavy (non-hydrogen) atoms.